The first-order chi connectivity index (χ1) is 10.4. The summed E-state index contributed by atoms with van der Waals surface area (Å²) in [6, 6.07) is 7.89. The van der Waals surface area contributed by atoms with Gasteiger partial charge < -0.3 is 0 Å². The smallest absolute Gasteiger partial charge is 0.267 e. The standard InChI is InChI=1S/C15H12F3N3O/c1-10(11-4-2-6-13(8-11)15(16,17)18)20-21-14(22)12-5-3-7-19-9-12/h2-9H,1H3,(H,21,22). The average molecular weight is 307 g/mol. The Kier molecular flexibility index (Phi) is 4.55. The van der Waals surface area contributed by atoms with Crippen molar-refractivity contribution in [2.75, 3.05) is 0 Å². The highest BCUT2D eigenvalue weighted by molar-refractivity contribution is 6.00. The Hall–Kier alpha value is -2.70. The third-order valence-electron chi connectivity index (χ3n) is 2.86. The number of amides is 1. The lowest BCUT2D eigenvalue weighted by Gasteiger charge is -2.08. The van der Waals surface area contributed by atoms with Crippen molar-refractivity contribution in [2.24, 2.45) is 5.10 Å². The molecular formula is C15H12F3N3O. The Balaban J connectivity index is 2.14. The summed E-state index contributed by atoms with van der Waals surface area (Å²) in [5.41, 5.74) is 2.37. The van der Waals surface area contributed by atoms with Crippen molar-refractivity contribution in [2.45, 2.75) is 13.1 Å². The minimum atomic E-state index is -4.42. The van der Waals surface area contributed by atoms with Gasteiger partial charge in [0.25, 0.3) is 5.91 Å². The summed E-state index contributed by atoms with van der Waals surface area (Å²) in [5.74, 6) is -0.487. The molecule has 1 aromatic heterocycles. The van der Waals surface area contributed by atoms with E-state index in [-0.39, 0.29) is 11.3 Å². The summed E-state index contributed by atoms with van der Waals surface area (Å²) in [7, 11) is 0. The zero-order chi connectivity index (χ0) is 16.2. The molecule has 22 heavy (non-hydrogen) atoms. The first-order valence-electron chi connectivity index (χ1n) is 6.30. The second-order valence-electron chi connectivity index (χ2n) is 4.46. The van der Waals surface area contributed by atoms with Gasteiger partial charge in [-0.3, -0.25) is 9.78 Å². The number of aromatic nitrogens is 1. The molecule has 1 N–H and O–H groups in total. The van der Waals surface area contributed by atoms with Gasteiger partial charge in [-0.1, -0.05) is 12.1 Å². The molecule has 0 saturated heterocycles. The summed E-state index contributed by atoms with van der Waals surface area (Å²) in [6.07, 6.45) is -1.53. The van der Waals surface area contributed by atoms with Crippen LogP contribution in [0.3, 0.4) is 0 Å². The molecule has 0 fully saturated rings. The van der Waals surface area contributed by atoms with Crippen LogP contribution in [0.2, 0.25) is 0 Å². The predicted molar refractivity (Wildman–Crippen MR) is 75.4 cm³/mol. The molecule has 0 spiro atoms. The van der Waals surface area contributed by atoms with E-state index in [1.54, 1.807) is 12.1 Å². The largest absolute Gasteiger partial charge is 0.416 e. The number of nitrogens with zero attached hydrogens (tertiary/aromatic N) is 2. The second kappa shape index (κ2) is 6.38. The predicted octanol–water partition coefficient (Wildman–Crippen LogP) is 3.25. The molecule has 114 valence electrons. The van der Waals surface area contributed by atoms with E-state index in [4.69, 9.17) is 0 Å². The van der Waals surface area contributed by atoms with Crippen LogP contribution in [-0.4, -0.2) is 16.6 Å². The van der Waals surface area contributed by atoms with E-state index in [0.717, 1.165) is 12.1 Å². The summed E-state index contributed by atoms with van der Waals surface area (Å²) < 4.78 is 38.0. The van der Waals surface area contributed by atoms with E-state index >= 15 is 0 Å². The minimum absolute atomic E-state index is 0.267. The van der Waals surface area contributed by atoms with Gasteiger partial charge in [0.15, 0.2) is 0 Å². The minimum Gasteiger partial charge on any atom is -0.267 e. The number of halogens is 3. The molecule has 4 nitrogen and oxygen atoms in total. The lowest BCUT2D eigenvalue weighted by molar-refractivity contribution is -0.137. The quantitative estimate of drug-likeness (QED) is 0.699. The van der Waals surface area contributed by atoms with Crippen molar-refractivity contribution in [1.82, 2.24) is 10.4 Å². The van der Waals surface area contributed by atoms with Crippen LogP contribution in [0.25, 0.3) is 0 Å². The Morgan fingerprint density at radius 1 is 1.18 bits per heavy atom. The van der Waals surface area contributed by atoms with Crippen LogP contribution >= 0.6 is 0 Å². The number of hydrogen-bond acceptors (Lipinski definition) is 3. The molecular weight excluding hydrogens is 295 g/mol. The van der Waals surface area contributed by atoms with Crippen molar-refractivity contribution in [3.05, 3.63) is 65.5 Å². The van der Waals surface area contributed by atoms with E-state index in [0.29, 0.717) is 5.56 Å². The Morgan fingerprint density at radius 2 is 1.91 bits per heavy atom. The number of benzene rings is 1. The number of pyridine rings is 1. The van der Waals surface area contributed by atoms with Crippen LogP contribution in [0, 0.1) is 0 Å². The lowest BCUT2D eigenvalue weighted by Crippen LogP contribution is -2.19. The number of nitrogens with one attached hydrogen (secondary N) is 1. The fourth-order valence-corrected chi connectivity index (χ4v) is 1.68. The molecule has 1 amide bonds. The zero-order valence-electron chi connectivity index (χ0n) is 11.6. The van der Waals surface area contributed by atoms with Crippen LogP contribution in [0.1, 0.15) is 28.4 Å². The van der Waals surface area contributed by atoms with Crippen LogP contribution in [0.4, 0.5) is 13.2 Å². The normalized spacial score (nSPS) is 12.1. The van der Waals surface area contributed by atoms with E-state index in [1.165, 1.54) is 31.5 Å². The highest BCUT2D eigenvalue weighted by Crippen LogP contribution is 2.29. The summed E-state index contributed by atoms with van der Waals surface area (Å²) >= 11 is 0. The third kappa shape index (κ3) is 3.91. The molecule has 0 radical (unpaired) electrons. The highest BCUT2D eigenvalue weighted by atomic mass is 19.4. The average Bonchev–Trinajstić information content (AvgIpc) is 2.52. The number of carbonyl (C=O) groups excluding carboxylic acids is 1. The molecule has 0 bridgehead atoms. The van der Waals surface area contributed by atoms with Crippen LogP contribution in [0.5, 0.6) is 0 Å². The summed E-state index contributed by atoms with van der Waals surface area (Å²) in [6.45, 7) is 1.51. The number of alkyl halides is 3. The van der Waals surface area contributed by atoms with Gasteiger partial charge in [-0.25, -0.2) is 5.43 Å². The number of rotatable bonds is 3. The molecule has 2 aromatic rings. The zero-order valence-corrected chi connectivity index (χ0v) is 11.6. The molecule has 7 heteroatoms. The topological polar surface area (TPSA) is 54.4 Å². The monoisotopic (exact) mass is 307 g/mol. The highest BCUT2D eigenvalue weighted by Gasteiger charge is 2.30. The maximum atomic E-state index is 12.7. The first-order valence-corrected chi connectivity index (χ1v) is 6.30. The molecule has 0 aliphatic carbocycles. The van der Waals surface area contributed by atoms with E-state index in [9.17, 15) is 18.0 Å². The Labute approximate surface area is 124 Å². The maximum Gasteiger partial charge on any atom is 0.416 e. The van der Waals surface area contributed by atoms with Crippen molar-refractivity contribution >= 4 is 11.6 Å². The molecule has 1 heterocycles. The first kappa shape index (κ1) is 15.7. The molecule has 0 saturated carbocycles. The number of hydrazone groups is 1. The van der Waals surface area contributed by atoms with Crippen LogP contribution in [0.15, 0.2) is 53.9 Å². The van der Waals surface area contributed by atoms with Gasteiger partial charge in [0.1, 0.15) is 0 Å². The SMILES string of the molecule is CC(=NNC(=O)c1cccnc1)c1cccc(C(F)(F)F)c1. The number of hydrogen-bond donors (Lipinski definition) is 1. The van der Waals surface area contributed by atoms with Crippen molar-refractivity contribution in [1.29, 1.82) is 0 Å². The van der Waals surface area contributed by atoms with Gasteiger partial charge in [0.2, 0.25) is 0 Å². The lowest BCUT2D eigenvalue weighted by atomic mass is 10.1. The van der Waals surface area contributed by atoms with Gasteiger partial charge in [-0.2, -0.15) is 18.3 Å². The van der Waals surface area contributed by atoms with Gasteiger partial charge in [0, 0.05) is 12.4 Å². The molecule has 0 atom stereocenters. The van der Waals surface area contributed by atoms with Crippen molar-refractivity contribution in [3.63, 3.8) is 0 Å². The molecule has 2 rings (SSSR count). The Morgan fingerprint density at radius 3 is 2.55 bits per heavy atom. The molecule has 0 aliphatic rings. The van der Waals surface area contributed by atoms with Crippen LogP contribution < -0.4 is 5.43 Å². The van der Waals surface area contributed by atoms with Crippen LogP contribution in [-0.2, 0) is 6.18 Å². The van der Waals surface area contributed by atoms with E-state index in [2.05, 4.69) is 15.5 Å². The van der Waals surface area contributed by atoms with Gasteiger partial charge in [0.05, 0.1) is 16.8 Å². The molecule has 1 aromatic carbocycles. The summed E-state index contributed by atoms with van der Waals surface area (Å²) in [4.78, 5) is 15.6. The van der Waals surface area contributed by atoms with E-state index < -0.39 is 17.6 Å². The van der Waals surface area contributed by atoms with Gasteiger partial charge in [-0.15, -0.1) is 0 Å². The maximum absolute atomic E-state index is 12.7. The fourth-order valence-electron chi connectivity index (χ4n) is 1.68. The summed E-state index contributed by atoms with van der Waals surface area (Å²) in [5, 5.41) is 3.82. The fraction of sp³-hybridized carbons (Fsp3) is 0.133. The Bertz CT molecular complexity index is 697. The molecule has 0 aliphatic heterocycles. The number of carbonyl (C=O) groups is 1. The van der Waals surface area contributed by atoms with E-state index in [1.807, 2.05) is 0 Å². The third-order valence-corrected chi connectivity index (χ3v) is 2.86. The van der Waals surface area contributed by atoms with Crippen molar-refractivity contribution < 1.29 is 18.0 Å². The van der Waals surface area contributed by atoms with Gasteiger partial charge >= 0.3 is 6.18 Å². The molecule has 0 unspecified atom stereocenters. The second-order valence-corrected chi connectivity index (χ2v) is 4.46. The van der Waals surface area contributed by atoms with Gasteiger partial charge in [-0.05, 0) is 36.8 Å². The van der Waals surface area contributed by atoms with Crippen molar-refractivity contribution in [3.8, 4) is 0 Å².